The van der Waals surface area contributed by atoms with Crippen LogP contribution in [0.4, 0.5) is 0 Å². The van der Waals surface area contributed by atoms with Gasteiger partial charge in [-0.2, -0.15) is 0 Å². The average molecular weight is 331 g/mol. The molecule has 0 unspecified atom stereocenters. The fourth-order valence-corrected chi connectivity index (χ4v) is 2.02. The van der Waals surface area contributed by atoms with Crippen molar-refractivity contribution < 1.29 is 19.0 Å². The van der Waals surface area contributed by atoms with Gasteiger partial charge >= 0.3 is 0 Å². The van der Waals surface area contributed by atoms with Gasteiger partial charge in [-0.15, -0.1) is 0 Å². The van der Waals surface area contributed by atoms with Crippen molar-refractivity contribution >= 4 is 22.2 Å². The second-order valence-electron chi connectivity index (χ2n) is 4.71. The third kappa shape index (κ3) is 4.51. The lowest BCUT2D eigenvalue weighted by atomic mass is 10.1. The van der Waals surface area contributed by atoms with E-state index in [1.54, 1.807) is 26.4 Å². The summed E-state index contributed by atoms with van der Waals surface area (Å²) in [4.78, 5) is 10.8. The van der Waals surface area contributed by atoms with Gasteiger partial charge in [-0.1, -0.05) is 0 Å². The second-order valence-corrected chi connectivity index (χ2v) is 5.57. The summed E-state index contributed by atoms with van der Waals surface area (Å²) in [6.07, 6.45) is 1.51. The van der Waals surface area contributed by atoms with Gasteiger partial charge in [-0.25, -0.2) is 0 Å². The molecule has 0 fully saturated rings. The van der Waals surface area contributed by atoms with E-state index < -0.39 is 0 Å². The molecule has 0 bridgehead atoms. The maximum absolute atomic E-state index is 10.8. The second kappa shape index (κ2) is 6.91. The zero-order chi connectivity index (χ0) is 14.5. The van der Waals surface area contributed by atoms with Gasteiger partial charge in [0, 0.05) is 19.1 Å². The summed E-state index contributed by atoms with van der Waals surface area (Å²) < 4.78 is 17.0. The van der Waals surface area contributed by atoms with Gasteiger partial charge < -0.3 is 14.2 Å². The first-order chi connectivity index (χ1) is 8.93. The van der Waals surface area contributed by atoms with Crippen molar-refractivity contribution in [3.05, 3.63) is 22.2 Å². The molecule has 0 aromatic heterocycles. The molecule has 1 aromatic carbocycles. The molecule has 0 N–H and O–H groups in total. The molecule has 1 aromatic rings. The molecule has 1 rings (SSSR count). The van der Waals surface area contributed by atoms with Crippen LogP contribution >= 0.6 is 15.9 Å². The van der Waals surface area contributed by atoms with E-state index in [9.17, 15) is 4.79 Å². The van der Waals surface area contributed by atoms with Gasteiger partial charge in [0.25, 0.3) is 0 Å². The normalized spacial score (nSPS) is 11.2. The molecular weight excluding hydrogens is 312 g/mol. The van der Waals surface area contributed by atoms with Crippen molar-refractivity contribution in [2.75, 3.05) is 20.8 Å². The molecule has 0 radical (unpaired) electrons. The van der Waals surface area contributed by atoms with Gasteiger partial charge in [0.1, 0.15) is 6.29 Å². The molecule has 19 heavy (non-hydrogen) atoms. The van der Waals surface area contributed by atoms with Crippen molar-refractivity contribution in [2.24, 2.45) is 0 Å². The first-order valence-electron chi connectivity index (χ1n) is 5.94. The summed E-state index contributed by atoms with van der Waals surface area (Å²) in [7, 11) is 3.22. The largest absolute Gasteiger partial charge is 0.493 e. The summed E-state index contributed by atoms with van der Waals surface area (Å²) in [6.45, 7) is 4.49. The molecule has 0 amide bonds. The summed E-state index contributed by atoms with van der Waals surface area (Å²) >= 11 is 3.38. The molecule has 0 aliphatic carbocycles. The van der Waals surface area contributed by atoms with Gasteiger partial charge in [-0.3, -0.25) is 4.79 Å². The van der Waals surface area contributed by atoms with Gasteiger partial charge in [0.15, 0.2) is 11.5 Å². The van der Waals surface area contributed by atoms with Gasteiger partial charge in [0.05, 0.1) is 23.8 Å². The van der Waals surface area contributed by atoms with E-state index in [1.165, 1.54) is 0 Å². The molecule has 5 heteroatoms. The zero-order valence-electron chi connectivity index (χ0n) is 11.7. The molecular formula is C14H19BrO4. The number of hydrogen-bond donors (Lipinski definition) is 0. The van der Waals surface area contributed by atoms with Gasteiger partial charge in [0.2, 0.25) is 0 Å². The monoisotopic (exact) mass is 330 g/mol. The Morgan fingerprint density at radius 1 is 1.32 bits per heavy atom. The van der Waals surface area contributed by atoms with Crippen LogP contribution in [0, 0.1) is 0 Å². The predicted octanol–water partition coefficient (Wildman–Crippen LogP) is 3.46. The van der Waals surface area contributed by atoms with Crippen LogP contribution in [0.2, 0.25) is 0 Å². The van der Waals surface area contributed by atoms with E-state index in [0.29, 0.717) is 28.1 Å². The lowest BCUT2D eigenvalue weighted by Crippen LogP contribution is -2.25. The fourth-order valence-electron chi connectivity index (χ4n) is 1.45. The minimum atomic E-state index is -0.234. The Hall–Kier alpha value is -1.07. The van der Waals surface area contributed by atoms with Crippen LogP contribution in [0.3, 0.4) is 0 Å². The van der Waals surface area contributed by atoms with Crippen LogP contribution in [0.5, 0.6) is 11.5 Å². The number of aldehydes is 1. The summed E-state index contributed by atoms with van der Waals surface area (Å²) in [6, 6.07) is 3.35. The minimum Gasteiger partial charge on any atom is -0.493 e. The van der Waals surface area contributed by atoms with Crippen molar-refractivity contribution in [1.82, 2.24) is 0 Å². The number of hydrogen-bond acceptors (Lipinski definition) is 4. The quantitative estimate of drug-likeness (QED) is 0.718. The molecule has 0 saturated carbocycles. The number of ether oxygens (including phenoxy) is 3. The number of methoxy groups -OCH3 is 2. The highest BCUT2D eigenvalue weighted by atomic mass is 79.9. The summed E-state index contributed by atoms with van der Waals surface area (Å²) in [5.41, 5.74) is 0.302. The van der Waals surface area contributed by atoms with E-state index in [2.05, 4.69) is 15.9 Å². The SMILES string of the molecule is COc1cc(C=O)cc(Br)c1OCCC(C)(C)OC. The first-order valence-corrected chi connectivity index (χ1v) is 6.73. The molecule has 0 heterocycles. The van der Waals surface area contributed by atoms with Crippen molar-refractivity contribution in [3.8, 4) is 11.5 Å². The lowest BCUT2D eigenvalue weighted by Gasteiger charge is -2.23. The molecule has 0 aliphatic rings. The molecule has 0 atom stereocenters. The van der Waals surface area contributed by atoms with E-state index >= 15 is 0 Å². The van der Waals surface area contributed by atoms with Crippen LogP contribution < -0.4 is 9.47 Å². The van der Waals surface area contributed by atoms with E-state index in [0.717, 1.165) is 12.7 Å². The number of benzene rings is 1. The molecule has 106 valence electrons. The Kier molecular flexibility index (Phi) is 5.82. The van der Waals surface area contributed by atoms with E-state index in [4.69, 9.17) is 14.2 Å². The lowest BCUT2D eigenvalue weighted by molar-refractivity contribution is 0.00518. The summed E-state index contributed by atoms with van der Waals surface area (Å²) in [5, 5.41) is 0. The first kappa shape index (κ1) is 16.0. The third-order valence-electron chi connectivity index (χ3n) is 2.89. The molecule has 0 saturated heterocycles. The Labute approximate surface area is 122 Å². The third-order valence-corrected chi connectivity index (χ3v) is 3.48. The van der Waals surface area contributed by atoms with Crippen LogP contribution in [-0.4, -0.2) is 32.7 Å². The Balaban J connectivity index is 2.80. The summed E-state index contributed by atoms with van der Waals surface area (Å²) in [5.74, 6) is 1.13. The maximum Gasteiger partial charge on any atom is 0.175 e. The molecule has 4 nitrogen and oxygen atoms in total. The highest BCUT2D eigenvalue weighted by molar-refractivity contribution is 9.10. The highest BCUT2D eigenvalue weighted by Gasteiger charge is 2.18. The minimum absolute atomic E-state index is 0.234. The van der Waals surface area contributed by atoms with Crippen molar-refractivity contribution in [1.29, 1.82) is 0 Å². The predicted molar refractivity (Wildman–Crippen MR) is 77.3 cm³/mol. The number of carbonyl (C=O) groups excluding carboxylic acids is 1. The number of carbonyl (C=O) groups is 1. The average Bonchev–Trinajstić information content (AvgIpc) is 2.39. The van der Waals surface area contributed by atoms with Gasteiger partial charge in [-0.05, 0) is 41.9 Å². The Morgan fingerprint density at radius 2 is 2.00 bits per heavy atom. The Morgan fingerprint density at radius 3 is 2.53 bits per heavy atom. The van der Waals surface area contributed by atoms with E-state index in [1.807, 2.05) is 13.8 Å². The molecule has 0 aliphatic heterocycles. The van der Waals surface area contributed by atoms with Crippen molar-refractivity contribution in [3.63, 3.8) is 0 Å². The van der Waals surface area contributed by atoms with Crippen LogP contribution in [0.15, 0.2) is 16.6 Å². The maximum atomic E-state index is 10.8. The topological polar surface area (TPSA) is 44.8 Å². The van der Waals surface area contributed by atoms with Crippen LogP contribution in [0.1, 0.15) is 30.6 Å². The standard InChI is InChI=1S/C14H19BrO4/c1-14(2,18-4)5-6-19-13-11(15)7-10(9-16)8-12(13)17-3/h7-9H,5-6H2,1-4H3. The fraction of sp³-hybridized carbons (Fsp3) is 0.500. The Bertz CT molecular complexity index is 443. The smallest absolute Gasteiger partial charge is 0.175 e. The zero-order valence-corrected chi connectivity index (χ0v) is 13.2. The van der Waals surface area contributed by atoms with E-state index in [-0.39, 0.29) is 5.60 Å². The van der Waals surface area contributed by atoms with Crippen LogP contribution in [-0.2, 0) is 4.74 Å². The molecule has 0 spiro atoms. The van der Waals surface area contributed by atoms with Crippen LogP contribution in [0.25, 0.3) is 0 Å². The number of rotatable bonds is 7. The highest BCUT2D eigenvalue weighted by Crippen LogP contribution is 2.36. The number of halogens is 1. The van der Waals surface area contributed by atoms with Crippen molar-refractivity contribution in [2.45, 2.75) is 25.9 Å².